The van der Waals surface area contributed by atoms with Gasteiger partial charge in [-0.15, -0.1) is 0 Å². The van der Waals surface area contributed by atoms with Gasteiger partial charge in [-0.05, 0) is 12.3 Å². The summed E-state index contributed by atoms with van der Waals surface area (Å²) in [6.45, 7) is 2.35. The van der Waals surface area contributed by atoms with Gasteiger partial charge in [0.2, 0.25) is 53.5 Å². The standard InChI is InChI=1S/C28H43N9O11S2/c1-3-14(2)22-25(45)36-27(47)26(46)33-15(10-18(29)39)23(43)34-16(13-50-49-9-5-19(40)31-12-21(42)35-22)28(48)37-7-4-17(37)24(44)32-11-20(41)30-6-8-38/h8,14-17,22,27,47H,3-7,9-13H2,1-2H3,(H2,29,39)(H,30,41)(H,31,40)(H,32,44)(H,33,46)(H,34,43)(H,35,42)(H,36,45)/t14?,15?,16-,17?,22?,27?/m0/s1. The predicted octanol–water partition coefficient (Wildman–Crippen LogP) is -5.27. The fraction of sp³-hybridized carbons (Fsp3) is 0.643. The van der Waals surface area contributed by atoms with Gasteiger partial charge in [-0.3, -0.25) is 43.2 Å². The summed E-state index contributed by atoms with van der Waals surface area (Å²) >= 11 is 0. The van der Waals surface area contributed by atoms with E-state index in [4.69, 9.17) is 5.73 Å². The number of likely N-dealkylation sites (tertiary alicyclic amines) is 1. The van der Waals surface area contributed by atoms with Crippen molar-refractivity contribution in [3.05, 3.63) is 0 Å². The van der Waals surface area contributed by atoms with Gasteiger partial charge in [0.1, 0.15) is 30.5 Å². The topological polar surface area (TPSA) is 304 Å². The van der Waals surface area contributed by atoms with Crippen LogP contribution in [0, 0.1) is 5.92 Å². The van der Waals surface area contributed by atoms with Crippen molar-refractivity contribution in [2.24, 2.45) is 11.7 Å². The minimum atomic E-state index is -2.25. The monoisotopic (exact) mass is 745 g/mol. The molecule has 5 unspecified atom stereocenters. The number of carbonyl (C=O) groups is 10. The molecule has 0 aromatic heterocycles. The van der Waals surface area contributed by atoms with Crippen molar-refractivity contribution in [3.63, 3.8) is 0 Å². The summed E-state index contributed by atoms with van der Waals surface area (Å²) < 4.78 is 0. The molecule has 50 heavy (non-hydrogen) atoms. The summed E-state index contributed by atoms with van der Waals surface area (Å²) in [6.07, 6.45) is -1.92. The van der Waals surface area contributed by atoms with Crippen LogP contribution in [0.2, 0.25) is 0 Å². The molecule has 0 aromatic carbocycles. The molecule has 0 spiro atoms. The molecule has 6 atom stereocenters. The summed E-state index contributed by atoms with van der Waals surface area (Å²) in [5.41, 5.74) is 5.29. The number of carbonyl (C=O) groups excluding carboxylic acids is 10. The number of aliphatic hydroxyl groups excluding tert-OH is 1. The molecule has 2 rings (SSSR count). The molecule has 2 aliphatic rings. The van der Waals surface area contributed by atoms with Crippen LogP contribution >= 0.6 is 21.6 Å². The van der Waals surface area contributed by atoms with E-state index in [9.17, 15) is 53.1 Å². The number of aliphatic hydroxyl groups is 1. The average molecular weight is 746 g/mol. The molecule has 20 nitrogen and oxygen atoms in total. The van der Waals surface area contributed by atoms with Gasteiger partial charge >= 0.3 is 0 Å². The number of nitrogens with two attached hydrogens (primary N) is 1. The molecule has 9 amide bonds. The van der Waals surface area contributed by atoms with E-state index in [-0.39, 0.29) is 37.4 Å². The highest BCUT2D eigenvalue weighted by Gasteiger charge is 2.41. The van der Waals surface area contributed by atoms with E-state index in [0.29, 0.717) is 12.7 Å². The highest BCUT2D eigenvalue weighted by Crippen LogP contribution is 2.25. The molecule has 2 fully saturated rings. The minimum absolute atomic E-state index is 0.0289. The van der Waals surface area contributed by atoms with Crippen molar-refractivity contribution in [1.29, 1.82) is 0 Å². The van der Waals surface area contributed by atoms with Crippen molar-refractivity contribution >= 4 is 81.0 Å². The van der Waals surface area contributed by atoms with Crippen LogP contribution in [0.3, 0.4) is 0 Å². The van der Waals surface area contributed by atoms with Crippen LogP contribution in [0.1, 0.15) is 39.5 Å². The van der Waals surface area contributed by atoms with Gasteiger partial charge in [0.25, 0.3) is 5.91 Å². The lowest BCUT2D eigenvalue weighted by atomic mass is 9.98. The van der Waals surface area contributed by atoms with Crippen molar-refractivity contribution in [2.45, 2.75) is 69.9 Å². The van der Waals surface area contributed by atoms with Crippen molar-refractivity contribution in [2.75, 3.05) is 37.7 Å². The van der Waals surface area contributed by atoms with Crippen LogP contribution < -0.4 is 43.0 Å². The van der Waals surface area contributed by atoms with E-state index in [1.54, 1.807) is 13.8 Å². The highest BCUT2D eigenvalue weighted by molar-refractivity contribution is 8.76. The fourth-order valence-electron chi connectivity index (χ4n) is 4.53. The molecule has 22 heteroatoms. The molecular formula is C28H43N9O11S2. The Morgan fingerprint density at radius 2 is 1.72 bits per heavy atom. The zero-order valence-corrected chi connectivity index (χ0v) is 29.1. The molecule has 0 radical (unpaired) electrons. The molecular weight excluding hydrogens is 702 g/mol. The number of rotatable bonds is 10. The minimum Gasteiger partial charge on any atom is -0.370 e. The van der Waals surface area contributed by atoms with E-state index < -0.39 is 109 Å². The maximum atomic E-state index is 13.6. The first-order valence-corrected chi connectivity index (χ1v) is 18.1. The van der Waals surface area contributed by atoms with E-state index in [2.05, 4.69) is 31.9 Å². The number of aldehydes is 1. The van der Waals surface area contributed by atoms with Crippen LogP contribution in [0.15, 0.2) is 0 Å². The van der Waals surface area contributed by atoms with Gasteiger partial charge in [0, 0.05) is 24.5 Å². The zero-order chi connectivity index (χ0) is 37.4. The van der Waals surface area contributed by atoms with E-state index in [1.807, 2.05) is 5.32 Å². The maximum absolute atomic E-state index is 13.6. The Bertz CT molecular complexity index is 1320. The van der Waals surface area contributed by atoms with E-state index in [1.165, 1.54) is 15.7 Å². The number of nitrogens with one attached hydrogen (secondary N) is 7. The Kier molecular flexibility index (Phi) is 17.5. The smallest absolute Gasteiger partial charge is 0.270 e. The quantitative estimate of drug-likeness (QED) is 0.0747. The highest BCUT2D eigenvalue weighted by atomic mass is 33.1. The summed E-state index contributed by atoms with van der Waals surface area (Å²) in [7, 11) is 2.26. The van der Waals surface area contributed by atoms with Gasteiger partial charge in [-0.2, -0.15) is 0 Å². The number of hydrogen-bond acceptors (Lipinski definition) is 13. The van der Waals surface area contributed by atoms with E-state index >= 15 is 0 Å². The zero-order valence-electron chi connectivity index (χ0n) is 27.5. The SMILES string of the molecule is CCC(C)C1NC(=O)CNC(=O)CCSSC[C@@H](C(=O)N2CCC2C(=O)NCC(=O)NCC=O)NC(=O)C(CC(N)=O)NC(=O)C(O)NC1=O. The van der Waals surface area contributed by atoms with Gasteiger partial charge in [-0.25, -0.2) is 0 Å². The number of primary amides is 1. The average Bonchev–Trinajstić information content (AvgIpc) is 3.04. The second-order valence-corrected chi connectivity index (χ2v) is 13.9. The lowest BCUT2D eigenvalue weighted by Gasteiger charge is -2.41. The van der Waals surface area contributed by atoms with Crippen LogP contribution in [0.25, 0.3) is 0 Å². The number of nitrogens with zero attached hydrogens (tertiary/aromatic N) is 1. The fourth-order valence-corrected chi connectivity index (χ4v) is 6.67. The first kappa shape index (κ1) is 41.7. The summed E-state index contributed by atoms with van der Waals surface area (Å²) in [5, 5.41) is 26.6. The van der Waals surface area contributed by atoms with Crippen LogP contribution in [-0.4, -0.2) is 138 Å². The summed E-state index contributed by atoms with van der Waals surface area (Å²) in [5.74, 6) is -7.85. The lowest BCUT2D eigenvalue weighted by Crippen LogP contribution is -2.64. The Hall–Kier alpha value is -4.44. The van der Waals surface area contributed by atoms with Gasteiger partial charge < -0.3 is 57.8 Å². The van der Waals surface area contributed by atoms with Gasteiger partial charge in [0.05, 0.1) is 26.1 Å². The molecule has 2 heterocycles. The largest absolute Gasteiger partial charge is 0.370 e. The molecule has 0 saturated carbocycles. The van der Waals surface area contributed by atoms with Crippen molar-refractivity contribution in [1.82, 2.24) is 42.1 Å². The Labute approximate surface area is 295 Å². The third kappa shape index (κ3) is 13.5. The molecule has 2 saturated heterocycles. The summed E-state index contributed by atoms with van der Waals surface area (Å²) in [4.78, 5) is 126. The normalized spacial score (nSPS) is 25.1. The molecule has 10 N–H and O–H groups in total. The Balaban J connectivity index is 2.28. The molecule has 0 bridgehead atoms. The van der Waals surface area contributed by atoms with Crippen molar-refractivity contribution < 1.29 is 53.1 Å². The number of hydrogen-bond donors (Lipinski definition) is 9. The first-order chi connectivity index (χ1) is 23.7. The van der Waals surface area contributed by atoms with Gasteiger partial charge in [0.15, 0.2) is 0 Å². The predicted molar refractivity (Wildman–Crippen MR) is 178 cm³/mol. The van der Waals surface area contributed by atoms with Crippen molar-refractivity contribution in [3.8, 4) is 0 Å². The number of amides is 9. The second kappa shape index (κ2) is 20.9. The Morgan fingerprint density at radius 3 is 2.34 bits per heavy atom. The van der Waals surface area contributed by atoms with E-state index in [0.717, 1.165) is 10.8 Å². The maximum Gasteiger partial charge on any atom is 0.270 e. The third-order valence-electron chi connectivity index (χ3n) is 7.58. The van der Waals surface area contributed by atoms with Gasteiger partial charge in [-0.1, -0.05) is 41.9 Å². The lowest BCUT2D eigenvalue weighted by molar-refractivity contribution is -0.149. The van der Waals surface area contributed by atoms with Crippen LogP contribution in [0.4, 0.5) is 0 Å². The molecule has 2 aliphatic heterocycles. The molecule has 0 aliphatic carbocycles. The van der Waals surface area contributed by atoms with Crippen LogP contribution in [0.5, 0.6) is 0 Å². The summed E-state index contributed by atoms with van der Waals surface area (Å²) in [6, 6.07) is -5.24. The second-order valence-electron chi connectivity index (χ2n) is 11.3. The first-order valence-electron chi connectivity index (χ1n) is 15.6. The van der Waals surface area contributed by atoms with Crippen LogP contribution in [-0.2, 0) is 47.9 Å². The molecule has 0 aromatic rings. The molecule has 278 valence electrons. The third-order valence-corrected chi connectivity index (χ3v) is 10.00. The Morgan fingerprint density at radius 1 is 1.00 bits per heavy atom.